The van der Waals surface area contributed by atoms with Crippen molar-refractivity contribution < 1.29 is 19.2 Å². The first-order chi connectivity index (χ1) is 11.5. The number of nitro benzene ring substituents is 1. The number of nitrogens with zero attached hydrogens (tertiary/aromatic N) is 2. The number of carbonyl (C=O) groups excluding carboxylic acids is 2. The molecule has 0 aromatic heterocycles. The lowest BCUT2D eigenvalue weighted by atomic mass is 10.1. The summed E-state index contributed by atoms with van der Waals surface area (Å²) < 4.78 is 4.93. The van der Waals surface area contributed by atoms with Gasteiger partial charge in [-0.1, -0.05) is 12.8 Å². The van der Waals surface area contributed by atoms with E-state index in [2.05, 4.69) is 0 Å². The molecule has 1 aliphatic rings. The van der Waals surface area contributed by atoms with Gasteiger partial charge >= 0.3 is 5.97 Å². The van der Waals surface area contributed by atoms with E-state index >= 15 is 0 Å². The number of amides is 1. The van der Waals surface area contributed by atoms with Gasteiger partial charge in [-0.05, 0) is 31.9 Å². The summed E-state index contributed by atoms with van der Waals surface area (Å²) in [5.41, 5.74) is 0.349. The molecule has 0 spiro atoms. The second-order valence-electron chi connectivity index (χ2n) is 5.80. The van der Waals surface area contributed by atoms with Crippen molar-refractivity contribution in [1.82, 2.24) is 4.90 Å². The van der Waals surface area contributed by atoms with Crippen molar-refractivity contribution in [1.29, 1.82) is 0 Å². The third-order valence-corrected chi connectivity index (χ3v) is 4.21. The largest absolute Gasteiger partial charge is 0.466 e. The van der Waals surface area contributed by atoms with Crippen LogP contribution >= 0.6 is 0 Å². The molecule has 130 valence electrons. The van der Waals surface area contributed by atoms with Crippen molar-refractivity contribution >= 4 is 17.6 Å². The normalized spacial score (nSPS) is 14.4. The molecule has 1 aromatic rings. The zero-order valence-electron chi connectivity index (χ0n) is 13.8. The van der Waals surface area contributed by atoms with E-state index in [1.807, 2.05) is 0 Å². The van der Waals surface area contributed by atoms with Gasteiger partial charge in [-0.25, -0.2) is 0 Å². The number of esters is 1. The Hall–Kier alpha value is -2.44. The Kier molecular flexibility index (Phi) is 6.28. The predicted molar refractivity (Wildman–Crippen MR) is 87.6 cm³/mol. The monoisotopic (exact) mass is 334 g/mol. The lowest BCUT2D eigenvalue weighted by Crippen LogP contribution is -2.40. The summed E-state index contributed by atoms with van der Waals surface area (Å²) in [5.74, 6) is -0.516. The molecule has 0 bridgehead atoms. The average Bonchev–Trinajstić information content (AvgIpc) is 3.09. The average molecular weight is 334 g/mol. The molecule has 7 nitrogen and oxygen atoms in total. The van der Waals surface area contributed by atoms with Gasteiger partial charge in [0.05, 0.1) is 18.0 Å². The highest BCUT2D eigenvalue weighted by atomic mass is 16.6. The molecule has 0 aliphatic heterocycles. The number of ether oxygens (including phenoxy) is 1. The first kappa shape index (κ1) is 17.9. The number of hydrogen-bond donors (Lipinski definition) is 0. The van der Waals surface area contributed by atoms with E-state index < -0.39 is 4.92 Å². The molecular formula is C17H22N2O5. The summed E-state index contributed by atoms with van der Waals surface area (Å²) >= 11 is 0. The second-order valence-corrected chi connectivity index (χ2v) is 5.80. The van der Waals surface area contributed by atoms with Crippen LogP contribution in [0.1, 0.15) is 49.4 Å². The summed E-state index contributed by atoms with van der Waals surface area (Å²) in [6, 6.07) is 5.69. The molecule has 0 unspecified atom stereocenters. The molecule has 0 radical (unpaired) electrons. The van der Waals surface area contributed by atoms with Gasteiger partial charge < -0.3 is 9.64 Å². The molecule has 2 rings (SSSR count). The van der Waals surface area contributed by atoms with Gasteiger partial charge in [-0.2, -0.15) is 0 Å². The van der Waals surface area contributed by atoms with E-state index in [9.17, 15) is 19.7 Å². The maximum absolute atomic E-state index is 12.8. The van der Waals surface area contributed by atoms with Crippen molar-refractivity contribution in [3.05, 3.63) is 39.9 Å². The molecule has 1 aromatic carbocycles. The predicted octanol–water partition coefficient (Wildman–Crippen LogP) is 2.93. The van der Waals surface area contributed by atoms with Crippen LogP contribution in [0.2, 0.25) is 0 Å². The number of carbonyl (C=O) groups is 2. The minimum absolute atomic E-state index is 0.0505. The van der Waals surface area contributed by atoms with E-state index in [1.54, 1.807) is 11.8 Å². The lowest BCUT2D eigenvalue weighted by Gasteiger charge is -2.29. The van der Waals surface area contributed by atoms with Crippen LogP contribution in [-0.4, -0.2) is 40.9 Å². The molecule has 24 heavy (non-hydrogen) atoms. The maximum atomic E-state index is 12.8. The standard InChI is InChI=1S/C17H22N2O5/c1-2-24-16(20)11-12-18(14-5-3-4-6-14)17(21)13-7-9-15(10-8-13)19(22)23/h7-10,14H,2-6,11-12H2,1H3. The fourth-order valence-electron chi connectivity index (χ4n) is 3.00. The minimum atomic E-state index is -0.496. The topological polar surface area (TPSA) is 89.8 Å². The van der Waals surface area contributed by atoms with Gasteiger partial charge in [0.15, 0.2) is 0 Å². The van der Waals surface area contributed by atoms with Gasteiger partial charge in [0, 0.05) is 30.3 Å². The summed E-state index contributed by atoms with van der Waals surface area (Å²) in [6.45, 7) is 2.37. The number of non-ortho nitro benzene ring substituents is 1. The van der Waals surface area contributed by atoms with E-state index in [1.165, 1.54) is 24.3 Å². The van der Waals surface area contributed by atoms with Crippen molar-refractivity contribution in [2.24, 2.45) is 0 Å². The number of hydrogen-bond acceptors (Lipinski definition) is 5. The Bertz CT molecular complexity index is 594. The van der Waals surface area contributed by atoms with E-state index in [0.717, 1.165) is 25.7 Å². The number of benzene rings is 1. The van der Waals surface area contributed by atoms with E-state index in [0.29, 0.717) is 18.7 Å². The van der Waals surface area contributed by atoms with Gasteiger partial charge in [-0.3, -0.25) is 19.7 Å². The first-order valence-electron chi connectivity index (χ1n) is 8.24. The Morgan fingerprint density at radius 1 is 1.25 bits per heavy atom. The molecule has 1 amide bonds. The zero-order valence-corrected chi connectivity index (χ0v) is 13.8. The van der Waals surface area contributed by atoms with Crippen molar-refractivity contribution in [3.63, 3.8) is 0 Å². The first-order valence-corrected chi connectivity index (χ1v) is 8.24. The molecule has 1 fully saturated rings. The molecule has 1 aliphatic carbocycles. The van der Waals surface area contributed by atoms with Gasteiger partial charge in [0.25, 0.3) is 11.6 Å². The zero-order chi connectivity index (χ0) is 17.5. The second kappa shape index (κ2) is 8.42. The van der Waals surface area contributed by atoms with Crippen molar-refractivity contribution in [3.8, 4) is 0 Å². The third kappa shape index (κ3) is 4.53. The number of nitro groups is 1. The van der Waals surface area contributed by atoms with E-state index in [4.69, 9.17) is 4.74 Å². The van der Waals surface area contributed by atoms with Gasteiger partial charge in [0.1, 0.15) is 0 Å². The van der Waals surface area contributed by atoms with Crippen LogP contribution in [0.25, 0.3) is 0 Å². The van der Waals surface area contributed by atoms with Crippen LogP contribution in [-0.2, 0) is 9.53 Å². The minimum Gasteiger partial charge on any atom is -0.466 e. The maximum Gasteiger partial charge on any atom is 0.307 e. The van der Waals surface area contributed by atoms with Crippen molar-refractivity contribution in [2.45, 2.75) is 45.1 Å². The number of rotatable bonds is 7. The van der Waals surface area contributed by atoms with Crippen LogP contribution in [0.5, 0.6) is 0 Å². The molecule has 0 saturated heterocycles. The highest BCUT2D eigenvalue weighted by molar-refractivity contribution is 5.94. The molecule has 0 N–H and O–H groups in total. The lowest BCUT2D eigenvalue weighted by molar-refractivity contribution is -0.384. The quantitative estimate of drug-likeness (QED) is 0.434. The summed E-state index contributed by atoms with van der Waals surface area (Å²) in [6.07, 6.45) is 4.12. The molecule has 1 saturated carbocycles. The van der Waals surface area contributed by atoms with E-state index in [-0.39, 0.29) is 30.0 Å². The molecule has 0 atom stereocenters. The smallest absolute Gasteiger partial charge is 0.307 e. The third-order valence-electron chi connectivity index (χ3n) is 4.21. The Morgan fingerprint density at radius 2 is 1.88 bits per heavy atom. The fourth-order valence-corrected chi connectivity index (χ4v) is 3.00. The van der Waals surface area contributed by atoms with Crippen LogP contribution < -0.4 is 0 Å². The van der Waals surface area contributed by atoms with Crippen LogP contribution in [0.4, 0.5) is 5.69 Å². The Labute approximate surface area is 140 Å². The van der Waals surface area contributed by atoms with Crippen LogP contribution in [0.15, 0.2) is 24.3 Å². The highest BCUT2D eigenvalue weighted by Gasteiger charge is 2.28. The van der Waals surface area contributed by atoms with Gasteiger partial charge in [-0.15, -0.1) is 0 Å². The van der Waals surface area contributed by atoms with Gasteiger partial charge in [0.2, 0.25) is 0 Å². The molecule has 7 heteroatoms. The summed E-state index contributed by atoms with van der Waals surface area (Å²) in [5, 5.41) is 10.7. The molecular weight excluding hydrogens is 312 g/mol. The SMILES string of the molecule is CCOC(=O)CCN(C(=O)c1ccc([N+](=O)[O-])cc1)C1CCCC1. The van der Waals surface area contributed by atoms with Crippen LogP contribution in [0.3, 0.4) is 0 Å². The Balaban J connectivity index is 2.11. The molecule has 0 heterocycles. The summed E-state index contributed by atoms with van der Waals surface area (Å²) in [4.78, 5) is 36.3. The highest BCUT2D eigenvalue weighted by Crippen LogP contribution is 2.25. The Morgan fingerprint density at radius 3 is 2.42 bits per heavy atom. The fraction of sp³-hybridized carbons (Fsp3) is 0.529. The van der Waals surface area contributed by atoms with Crippen LogP contribution in [0, 0.1) is 10.1 Å². The van der Waals surface area contributed by atoms with Crippen molar-refractivity contribution in [2.75, 3.05) is 13.2 Å². The summed E-state index contributed by atoms with van der Waals surface area (Å²) in [7, 11) is 0.